The van der Waals surface area contributed by atoms with Gasteiger partial charge in [-0.1, -0.05) is 12.1 Å². The lowest BCUT2D eigenvalue weighted by Gasteiger charge is -2.22. The summed E-state index contributed by atoms with van der Waals surface area (Å²) >= 11 is 0. The van der Waals surface area contributed by atoms with E-state index in [2.05, 4.69) is 46.0 Å². The number of methoxy groups -OCH3 is 1. The molecule has 1 heterocycles. The Morgan fingerprint density at radius 2 is 1.09 bits per heavy atom. The van der Waals surface area contributed by atoms with Crippen LogP contribution in [-0.2, 0) is 50.6 Å². The van der Waals surface area contributed by atoms with Gasteiger partial charge in [-0.2, -0.15) is 57.0 Å². The van der Waals surface area contributed by atoms with Crippen molar-refractivity contribution in [3.63, 3.8) is 0 Å². The molecule has 0 aliphatic carbocycles. The number of aromatic hydroxyl groups is 2. The maximum Gasteiger partial charge on any atom is 0.296 e. The van der Waals surface area contributed by atoms with Gasteiger partial charge in [0.25, 0.3) is 50.6 Å². The summed E-state index contributed by atoms with van der Waals surface area (Å²) in [6.07, 6.45) is 0. The van der Waals surface area contributed by atoms with Gasteiger partial charge in [0.2, 0.25) is 17.8 Å². The number of aliphatic hydroxyl groups is 2. The molecule has 0 amide bonds. The topological polar surface area (TPSA) is 477 Å². The molecule has 0 radical (unpaired) electrons. The molecule has 0 fully saturated rings. The molecule has 0 spiro atoms. The first-order valence-electron chi connectivity index (χ1n) is 20.4. The number of aliphatic hydroxyl groups excluding tert-OH is 2. The summed E-state index contributed by atoms with van der Waals surface area (Å²) < 4.78 is 179. The summed E-state index contributed by atoms with van der Waals surface area (Å²) in [7, 11) is -24.6. The molecule has 30 nitrogen and oxygen atoms in total. The van der Waals surface area contributed by atoms with Crippen molar-refractivity contribution in [2.45, 2.75) is 24.5 Å². The predicted octanol–water partition coefficient (Wildman–Crippen LogP) is 4.94. The number of hydrogen-bond acceptors (Lipinski definition) is 25. The van der Waals surface area contributed by atoms with Crippen molar-refractivity contribution in [2.24, 2.45) is 20.5 Å². The van der Waals surface area contributed by atoms with Crippen LogP contribution in [0, 0.1) is 0 Å². The first-order valence-corrected chi connectivity index (χ1v) is 27.6. The molecule has 0 atom stereocenters. The zero-order valence-electron chi connectivity index (χ0n) is 37.5. The monoisotopic (exact) mass is 1140 g/mol. The van der Waals surface area contributed by atoms with Gasteiger partial charge in [-0.3, -0.25) is 22.8 Å². The van der Waals surface area contributed by atoms with Crippen LogP contribution < -0.4 is 20.3 Å². The molecule has 35 heteroatoms. The van der Waals surface area contributed by atoms with Crippen molar-refractivity contribution >= 4 is 124 Å². The van der Waals surface area contributed by atoms with E-state index in [9.17, 15) is 85.3 Å². The summed E-state index contributed by atoms with van der Waals surface area (Å²) in [6, 6.07) is 14.2. The number of nitrogens with zero attached hydrogens (tertiary/aromatic N) is 8. The molecule has 75 heavy (non-hydrogen) atoms. The number of ether oxygens (including phenoxy) is 1. The van der Waals surface area contributed by atoms with Gasteiger partial charge in [0.05, 0.1) is 30.9 Å². The lowest BCUT2D eigenvalue weighted by Crippen LogP contribution is -2.31. The molecule has 0 bridgehead atoms. The standard InChI is InChI=1S/C40H36N10O20S5/c1-70-23-7-9-27(30(18-23)73(61,62)63)47-48-34-31(74(64,65)66)16-20-14-22(6-8-25(20)36(34)53)41-38-43-39(45-40(44-38)50(10-12-51)11-13-52)42-28-19-24(71(55,56)57)15-21-17-32(75(67,68)69)35(37(54)33(21)28)49-46-26-4-2-3-5-29(26)72(58,59)60/h2-9,14-19,51-54H,10-13H2,1H3,(H,55,56,57)(H,58,59,60)(H,61,62,63)(H,64,65,66)(H,67,68,69)(H2,41,42,43,44,45). The van der Waals surface area contributed by atoms with Gasteiger partial charge in [-0.15, -0.1) is 20.5 Å². The van der Waals surface area contributed by atoms with Crippen LogP contribution in [0.2, 0.25) is 0 Å². The molecule has 7 rings (SSSR count). The van der Waals surface area contributed by atoms with E-state index in [0.717, 1.165) is 36.4 Å². The van der Waals surface area contributed by atoms with Crippen molar-refractivity contribution in [1.29, 1.82) is 0 Å². The fourth-order valence-corrected chi connectivity index (χ4v) is 10.1. The van der Waals surface area contributed by atoms with E-state index in [1.54, 1.807) is 0 Å². The molecule has 0 aliphatic heterocycles. The number of benzene rings is 6. The van der Waals surface area contributed by atoms with E-state index in [1.807, 2.05) is 0 Å². The van der Waals surface area contributed by atoms with Crippen molar-refractivity contribution in [1.82, 2.24) is 15.0 Å². The molecular formula is C40H36N10O20S5. The van der Waals surface area contributed by atoms with Gasteiger partial charge in [0.1, 0.15) is 48.1 Å². The highest BCUT2D eigenvalue weighted by Gasteiger charge is 2.28. The van der Waals surface area contributed by atoms with Crippen LogP contribution in [0.4, 0.5) is 52.0 Å². The molecule has 11 N–H and O–H groups in total. The van der Waals surface area contributed by atoms with Crippen molar-refractivity contribution in [3.05, 3.63) is 84.9 Å². The van der Waals surface area contributed by atoms with Crippen molar-refractivity contribution < 1.29 is 90.0 Å². The van der Waals surface area contributed by atoms with E-state index in [0.29, 0.717) is 12.1 Å². The molecule has 1 aromatic heterocycles. The second-order valence-corrected chi connectivity index (χ2v) is 22.2. The van der Waals surface area contributed by atoms with E-state index in [-0.39, 0.29) is 41.2 Å². The Balaban J connectivity index is 1.38. The lowest BCUT2D eigenvalue weighted by molar-refractivity contribution is 0.280. The SMILES string of the molecule is COc1ccc(N=Nc2c(S(=O)(=O)O)cc3cc(Nc4nc(Nc5cc(S(=O)(=O)O)cc6cc(S(=O)(=O)O)c(N=Nc7ccccc7S(=O)(=O)O)c(O)c56)nc(N(CCO)CCO)n4)ccc3c2O)c(S(=O)(=O)O)c1. The number of rotatable bonds is 19. The minimum Gasteiger partial charge on any atom is -0.505 e. The fraction of sp³-hybridized carbons (Fsp3) is 0.125. The first kappa shape index (κ1) is 55.1. The summed E-state index contributed by atoms with van der Waals surface area (Å²) in [4.78, 5) is 9.29. The van der Waals surface area contributed by atoms with Crippen LogP contribution in [0.15, 0.2) is 130 Å². The van der Waals surface area contributed by atoms with Crippen LogP contribution in [0.3, 0.4) is 0 Å². The third kappa shape index (κ3) is 12.3. The number of phenols is 2. The Morgan fingerprint density at radius 3 is 1.65 bits per heavy atom. The fourth-order valence-electron chi connectivity index (χ4n) is 7.02. The van der Waals surface area contributed by atoms with Crippen molar-refractivity contribution in [2.75, 3.05) is 48.9 Å². The zero-order valence-corrected chi connectivity index (χ0v) is 41.6. The van der Waals surface area contributed by atoms with E-state index in [4.69, 9.17) is 4.74 Å². The summed E-state index contributed by atoms with van der Waals surface area (Å²) in [5.41, 5.74) is -3.60. The minimum atomic E-state index is -5.42. The highest BCUT2D eigenvalue weighted by molar-refractivity contribution is 7.87. The van der Waals surface area contributed by atoms with Crippen LogP contribution in [0.5, 0.6) is 17.2 Å². The van der Waals surface area contributed by atoms with Crippen molar-refractivity contribution in [3.8, 4) is 17.2 Å². The Kier molecular flexibility index (Phi) is 15.4. The number of aromatic nitrogens is 3. The number of phenolic OH excluding ortho intramolecular Hbond substituents is 2. The number of anilines is 5. The van der Waals surface area contributed by atoms with Gasteiger partial charge in [0, 0.05) is 35.6 Å². The molecule has 0 saturated carbocycles. The lowest BCUT2D eigenvalue weighted by atomic mass is 10.1. The minimum absolute atomic E-state index is 0.00709. The van der Waals surface area contributed by atoms with Crippen LogP contribution in [0.25, 0.3) is 21.5 Å². The second kappa shape index (κ2) is 20.9. The van der Waals surface area contributed by atoms with Gasteiger partial charge in [0.15, 0.2) is 11.5 Å². The molecule has 0 aliphatic rings. The zero-order chi connectivity index (χ0) is 55.0. The highest BCUT2D eigenvalue weighted by atomic mass is 32.2. The van der Waals surface area contributed by atoms with Gasteiger partial charge in [-0.25, -0.2) is 0 Å². The molecule has 7 aromatic rings. The van der Waals surface area contributed by atoms with E-state index >= 15 is 0 Å². The largest absolute Gasteiger partial charge is 0.505 e. The Hall–Kier alpha value is -7.68. The van der Waals surface area contributed by atoms with E-state index in [1.165, 1.54) is 48.4 Å². The molecule has 0 unspecified atom stereocenters. The number of nitrogens with one attached hydrogen (secondary N) is 2. The highest BCUT2D eigenvalue weighted by Crippen LogP contribution is 2.47. The van der Waals surface area contributed by atoms with Crippen LogP contribution in [0.1, 0.15) is 0 Å². The molecule has 0 saturated heterocycles. The smallest absolute Gasteiger partial charge is 0.296 e. The maximum absolute atomic E-state index is 12.7. The van der Waals surface area contributed by atoms with Gasteiger partial charge in [-0.05, 0) is 77.5 Å². The van der Waals surface area contributed by atoms with Crippen LogP contribution >= 0.6 is 0 Å². The van der Waals surface area contributed by atoms with Gasteiger partial charge < -0.3 is 40.7 Å². The molecular weight excluding hydrogens is 1100 g/mol. The number of fused-ring (bicyclic) bond motifs is 2. The maximum atomic E-state index is 12.7. The van der Waals surface area contributed by atoms with E-state index < -0.39 is 151 Å². The van der Waals surface area contributed by atoms with Crippen LogP contribution in [-0.4, -0.2) is 134 Å². The molecule has 6 aromatic carbocycles. The molecule has 396 valence electrons. The Labute approximate surface area is 423 Å². The average Bonchev–Trinajstić information content (AvgIpc) is 3.31. The third-order valence-corrected chi connectivity index (χ3v) is 14.6. The quantitative estimate of drug-likeness (QED) is 0.0377. The summed E-state index contributed by atoms with van der Waals surface area (Å²) in [6.45, 7) is -1.55. The third-order valence-electron chi connectivity index (χ3n) is 10.3. The predicted molar refractivity (Wildman–Crippen MR) is 261 cm³/mol. The van der Waals surface area contributed by atoms with Gasteiger partial charge >= 0.3 is 0 Å². The first-order chi connectivity index (χ1) is 35.0. The number of hydrogen-bond donors (Lipinski definition) is 11. The normalized spacial score (nSPS) is 12.7. The Morgan fingerprint density at radius 1 is 0.547 bits per heavy atom. The number of azo groups is 2. The average molecular weight is 1140 g/mol. The second-order valence-electron chi connectivity index (χ2n) is 15.2. The Bertz CT molecular complexity index is 4110. The summed E-state index contributed by atoms with van der Waals surface area (Å²) in [5, 5.41) is 61.6. The summed E-state index contributed by atoms with van der Waals surface area (Å²) in [5.74, 6) is -3.42.